The molecule has 0 aromatic rings. The highest BCUT2D eigenvalue weighted by Gasteiger charge is 2.21. The van der Waals surface area contributed by atoms with Crippen molar-refractivity contribution in [1.82, 2.24) is 9.80 Å². The number of hydrogen-bond acceptors (Lipinski definition) is 2. The second-order valence-corrected chi connectivity index (χ2v) is 4.29. The van der Waals surface area contributed by atoms with E-state index in [4.69, 9.17) is 0 Å². The van der Waals surface area contributed by atoms with Gasteiger partial charge in [0, 0.05) is 12.1 Å². The van der Waals surface area contributed by atoms with Gasteiger partial charge in [-0.15, -0.1) is 0 Å². The van der Waals surface area contributed by atoms with Gasteiger partial charge in [-0.3, -0.25) is 0 Å². The van der Waals surface area contributed by atoms with Crippen LogP contribution < -0.4 is 0 Å². The summed E-state index contributed by atoms with van der Waals surface area (Å²) in [6.45, 7) is 11.1. The maximum Gasteiger partial charge on any atom is 0.0119 e. The summed E-state index contributed by atoms with van der Waals surface area (Å²) in [5, 5.41) is 0. The van der Waals surface area contributed by atoms with Gasteiger partial charge in [-0.25, -0.2) is 0 Å². The van der Waals surface area contributed by atoms with Crippen molar-refractivity contribution >= 4 is 0 Å². The zero-order valence-corrected chi connectivity index (χ0v) is 10.9. The molecule has 0 spiro atoms. The first-order chi connectivity index (χ1) is 6.61. The minimum atomic E-state index is 0.693. The van der Waals surface area contributed by atoms with Crippen molar-refractivity contribution in [3.8, 4) is 0 Å². The Balaban J connectivity index is 0.000000791. The number of nitrogens with zero attached hydrogens (tertiary/aromatic N) is 2. The fourth-order valence-corrected chi connectivity index (χ4v) is 1.82. The molecule has 2 nitrogen and oxygen atoms in total. The summed E-state index contributed by atoms with van der Waals surface area (Å²) < 4.78 is 0. The van der Waals surface area contributed by atoms with Gasteiger partial charge in [0.1, 0.15) is 0 Å². The van der Waals surface area contributed by atoms with Gasteiger partial charge in [0.15, 0.2) is 0 Å². The van der Waals surface area contributed by atoms with E-state index in [0.717, 1.165) is 6.04 Å². The van der Waals surface area contributed by atoms with Crippen LogP contribution in [-0.4, -0.2) is 49.1 Å². The van der Waals surface area contributed by atoms with E-state index in [2.05, 4.69) is 37.7 Å². The lowest BCUT2D eigenvalue weighted by Crippen LogP contribution is -2.44. The summed E-state index contributed by atoms with van der Waals surface area (Å²) in [5.74, 6) is 0. The van der Waals surface area contributed by atoms with Crippen LogP contribution in [0.4, 0.5) is 0 Å². The molecule has 1 saturated heterocycles. The van der Waals surface area contributed by atoms with E-state index in [0.29, 0.717) is 6.04 Å². The molecule has 0 N–H and O–H groups in total. The molecule has 0 aliphatic carbocycles. The molecule has 1 aliphatic rings. The molecule has 14 heavy (non-hydrogen) atoms. The van der Waals surface area contributed by atoms with Crippen LogP contribution in [0.1, 0.15) is 40.5 Å². The lowest BCUT2D eigenvalue weighted by molar-refractivity contribution is 0.120. The molecule has 0 atom stereocenters. The Morgan fingerprint density at radius 1 is 1.14 bits per heavy atom. The Morgan fingerprint density at radius 2 is 1.57 bits per heavy atom. The molecular weight excluding hydrogens is 172 g/mol. The number of likely N-dealkylation sites (tertiary alicyclic amines) is 1. The van der Waals surface area contributed by atoms with Crippen molar-refractivity contribution in [3.63, 3.8) is 0 Å². The summed E-state index contributed by atoms with van der Waals surface area (Å²) >= 11 is 0. The molecule has 0 aromatic carbocycles. The van der Waals surface area contributed by atoms with Gasteiger partial charge in [0.05, 0.1) is 0 Å². The maximum atomic E-state index is 2.51. The van der Waals surface area contributed by atoms with Crippen molar-refractivity contribution in [3.05, 3.63) is 0 Å². The monoisotopic (exact) mass is 200 g/mol. The normalized spacial score (nSPS) is 19.7. The Kier molecular flexibility index (Phi) is 7.20. The van der Waals surface area contributed by atoms with Crippen molar-refractivity contribution in [1.29, 1.82) is 0 Å². The smallest absolute Gasteiger partial charge is 0.0119 e. The number of hydrogen-bond donors (Lipinski definition) is 0. The van der Waals surface area contributed by atoms with E-state index in [-0.39, 0.29) is 0 Å². The first-order valence-electron chi connectivity index (χ1n) is 6.01. The Morgan fingerprint density at radius 3 is 1.93 bits per heavy atom. The van der Waals surface area contributed by atoms with E-state index in [9.17, 15) is 0 Å². The highest BCUT2D eigenvalue weighted by Crippen LogP contribution is 2.15. The van der Waals surface area contributed by atoms with E-state index < -0.39 is 0 Å². The average Bonchev–Trinajstić information content (AvgIpc) is 2.21. The first kappa shape index (κ1) is 13.9. The van der Waals surface area contributed by atoms with E-state index >= 15 is 0 Å². The van der Waals surface area contributed by atoms with Crippen LogP contribution in [0.2, 0.25) is 0 Å². The van der Waals surface area contributed by atoms with Gasteiger partial charge in [0.25, 0.3) is 0 Å². The fourth-order valence-electron chi connectivity index (χ4n) is 1.82. The van der Waals surface area contributed by atoms with Gasteiger partial charge in [-0.2, -0.15) is 0 Å². The van der Waals surface area contributed by atoms with E-state index in [1.807, 2.05) is 13.8 Å². The molecule has 1 heterocycles. The minimum Gasteiger partial charge on any atom is -0.306 e. The van der Waals surface area contributed by atoms with Gasteiger partial charge in [-0.05, 0) is 53.9 Å². The molecular formula is C12H28N2. The van der Waals surface area contributed by atoms with Gasteiger partial charge in [-0.1, -0.05) is 13.8 Å². The Bertz CT molecular complexity index is 126. The molecule has 0 radical (unpaired) electrons. The first-order valence-corrected chi connectivity index (χ1v) is 6.01. The zero-order valence-electron chi connectivity index (χ0n) is 10.9. The molecule has 86 valence electrons. The summed E-state index contributed by atoms with van der Waals surface area (Å²) in [4.78, 5) is 4.93. The lowest BCUT2D eigenvalue weighted by Gasteiger charge is -2.37. The van der Waals surface area contributed by atoms with E-state index in [1.165, 1.54) is 25.9 Å². The van der Waals surface area contributed by atoms with Crippen LogP contribution in [0.5, 0.6) is 0 Å². The van der Waals surface area contributed by atoms with Crippen LogP contribution in [-0.2, 0) is 0 Å². The largest absolute Gasteiger partial charge is 0.306 e. The van der Waals surface area contributed by atoms with Crippen LogP contribution in [0, 0.1) is 0 Å². The van der Waals surface area contributed by atoms with Crippen molar-refractivity contribution in [2.45, 2.75) is 52.6 Å². The number of piperidine rings is 1. The van der Waals surface area contributed by atoms with Crippen molar-refractivity contribution < 1.29 is 0 Å². The molecule has 2 heteroatoms. The highest BCUT2D eigenvalue weighted by molar-refractivity contribution is 4.78. The SMILES string of the molecule is CC.CC(C)N(C)C1CCN(C)CC1. The minimum absolute atomic E-state index is 0.693. The Labute approximate surface area is 90.3 Å². The van der Waals surface area contributed by atoms with Gasteiger partial charge < -0.3 is 9.80 Å². The molecule has 1 rings (SSSR count). The summed E-state index contributed by atoms with van der Waals surface area (Å²) in [6, 6.07) is 1.51. The quantitative estimate of drug-likeness (QED) is 0.675. The van der Waals surface area contributed by atoms with Crippen LogP contribution >= 0.6 is 0 Å². The summed E-state index contributed by atoms with van der Waals surface area (Å²) in [7, 11) is 4.46. The van der Waals surface area contributed by atoms with Crippen molar-refractivity contribution in [2.75, 3.05) is 27.2 Å². The van der Waals surface area contributed by atoms with Crippen LogP contribution in [0.3, 0.4) is 0 Å². The molecule has 0 bridgehead atoms. The van der Waals surface area contributed by atoms with E-state index in [1.54, 1.807) is 0 Å². The average molecular weight is 200 g/mol. The second-order valence-electron chi connectivity index (χ2n) is 4.29. The third kappa shape index (κ3) is 4.43. The predicted octanol–water partition coefficient (Wildman–Crippen LogP) is 2.45. The summed E-state index contributed by atoms with van der Waals surface area (Å²) in [6.07, 6.45) is 2.68. The molecule has 0 amide bonds. The van der Waals surface area contributed by atoms with Gasteiger partial charge >= 0.3 is 0 Å². The highest BCUT2D eigenvalue weighted by atomic mass is 15.2. The lowest BCUT2D eigenvalue weighted by atomic mass is 10.0. The second kappa shape index (κ2) is 7.24. The molecule has 1 fully saturated rings. The zero-order chi connectivity index (χ0) is 11.1. The molecule has 1 aliphatic heterocycles. The number of rotatable bonds is 2. The van der Waals surface area contributed by atoms with Gasteiger partial charge in [0.2, 0.25) is 0 Å². The van der Waals surface area contributed by atoms with Crippen LogP contribution in [0.15, 0.2) is 0 Å². The molecule has 0 saturated carbocycles. The standard InChI is InChI=1S/C10H22N2.C2H6/c1-9(2)12(4)10-5-7-11(3)8-6-10;1-2/h9-10H,5-8H2,1-4H3;1-2H3. The third-order valence-electron chi connectivity index (χ3n) is 3.08. The Hall–Kier alpha value is -0.0800. The van der Waals surface area contributed by atoms with Crippen LogP contribution in [0.25, 0.3) is 0 Å². The molecule has 0 aromatic heterocycles. The topological polar surface area (TPSA) is 6.48 Å². The predicted molar refractivity (Wildman–Crippen MR) is 64.8 cm³/mol. The maximum absolute atomic E-state index is 2.51. The van der Waals surface area contributed by atoms with Crippen molar-refractivity contribution in [2.24, 2.45) is 0 Å². The summed E-state index contributed by atoms with van der Waals surface area (Å²) in [5.41, 5.74) is 0. The third-order valence-corrected chi connectivity index (χ3v) is 3.08. The fraction of sp³-hybridized carbons (Fsp3) is 1.00. The molecule has 0 unspecified atom stereocenters.